The van der Waals surface area contributed by atoms with Crippen LogP contribution in [0.5, 0.6) is 5.75 Å². The van der Waals surface area contributed by atoms with Crippen molar-refractivity contribution in [3.63, 3.8) is 0 Å². The van der Waals surface area contributed by atoms with Crippen LogP contribution in [0.1, 0.15) is 12.0 Å². The van der Waals surface area contributed by atoms with Gasteiger partial charge in [-0.3, -0.25) is 4.90 Å². The minimum Gasteiger partial charge on any atom is -0.491 e. The lowest BCUT2D eigenvalue weighted by atomic mass is 10.2. The first-order valence-electron chi connectivity index (χ1n) is 8.52. The van der Waals surface area contributed by atoms with Crippen LogP contribution in [0.3, 0.4) is 0 Å². The van der Waals surface area contributed by atoms with E-state index in [0.717, 1.165) is 17.7 Å². The van der Waals surface area contributed by atoms with Crippen LogP contribution in [0.25, 0.3) is 0 Å². The number of rotatable bonds is 8. The van der Waals surface area contributed by atoms with Crippen molar-refractivity contribution in [3.8, 4) is 5.75 Å². The van der Waals surface area contributed by atoms with Crippen LogP contribution in [0, 0.1) is 0 Å². The number of urea groups is 1. The molecule has 1 heterocycles. The highest BCUT2D eigenvalue weighted by atomic mass is 35.5. The van der Waals surface area contributed by atoms with Crippen LogP contribution < -0.4 is 10.1 Å². The third-order valence-corrected chi connectivity index (χ3v) is 4.28. The summed E-state index contributed by atoms with van der Waals surface area (Å²) in [6, 6.07) is 5.30. The first kappa shape index (κ1) is 19.8. The second kappa shape index (κ2) is 10.5. The number of amides is 2. The highest BCUT2D eigenvalue weighted by molar-refractivity contribution is 6.30. The molecule has 140 valence electrons. The molecule has 3 N–H and O–H groups in total. The van der Waals surface area contributed by atoms with Crippen molar-refractivity contribution in [1.29, 1.82) is 0 Å². The van der Waals surface area contributed by atoms with Gasteiger partial charge in [-0.2, -0.15) is 0 Å². The van der Waals surface area contributed by atoms with Crippen LogP contribution in [0.15, 0.2) is 18.2 Å². The van der Waals surface area contributed by atoms with Gasteiger partial charge < -0.3 is 25.2 Å². The fourth-order valence-corrected chi connectivity index (χ4v) is 2.96. The Balaban J connectivity index is 1.78. The molecule has 25 heavy (non-hydrogen) atoms. The molecule has 0 saturated carbocycles. The number of hydrogen-bond donors (Lipinski definition) is 3. The van der Waals surface area contributed by atoms with E-state index in [2.05, 4.69) is 5.32 Å². The average molecular weight is 372 g/mol. The van der Waals surface area contributed by atoms with Crippen LogP contribution in [-0.4, -0.2) is 78.6 Å². The molecule has 0 aliphatic carbocycles. The zero-order chi connectivity index (χ0) is 18.1. The number of aliphatic hydroxyl groups excluding tert-OH is 2. The molecule has 0 aromatic heterocycles. The fourth-order valence-electron chi connectivity index (χ4n) is 2.76. The molecule has 1 aliphatic heterocycles. The third kappa shape index (κ3) is 6.36. The smallest absolute Gasteiger partial charge is 0.317 e. The van der Waals surface area contributed by atoms with Gasteiger partial charge in [0.15, 0.2) is 0 Å². The SMILES string of the molecule is O=C(NCCCN(CCO)CCO)N1CCOc2ccc(Cl)cc2C1. The summed E-state index contributed by atoms with van der Waals surface area (Å²) in [6.45, 7) is 3.83. The number of nitrogens with one attached hydrogen (secondary N) is 1. The largest absolute Gasteiger partial charge is 0.491 e. The van der Waals surface area contributed by atoms with Gasteiger partial charge in [-0.1, -0.05) is 11.6 Å². The Kier molecular flexibility index (Phi) is 8.27. The van der Waals surface area contributed by atoms with E-state index in [9.17, 15) is 4.79 Å². The Hall–Kier alpha value is -1.54. The van der Waals surface area contributed by atoms with Crippen molar-refractivity contribution in [1.82, 2.24) is 15.1 Å². The molecular weight excluding hydrogens is 346 g/mol. The first-order chi connectivity index (χ1) is 12.1. The summed E-state index contributed by atoms with van der Waals surface area (Å²) < 4.78 is 5.66. The van der Waals surface area contributed by atoms with Gasteiger partial charge in [0.2, 0.25) is 0 Å². The first-order valence-corrected chi connectivity index (χ1v) is 8.90. The molecule has 1 aliphatic rings. The molecule has 1 aromatic rings. The van der Waals surface area contributed by atoms with Gasteiger partial charge in [0, 0.05) is 30.2 Å². The zero-order valence-corrected chi connectivity index (χ0v) is 15.0. The minimum absolute atomic E-state index is 0.0576. The van der Waals surface area contributed by atoms with E-state index in [0.29, 0.717) is 50.9 Å². The number of ether oxygens (including phenoxy) is 1. The standard InChI is InChI=1S/C17H26ClN3O4/c18-15-2-3-16-14(12-15)13-21(8-11-25-16)17(24)19-4-1-5-20(6-9-22)7-10-23/h2-3,12,22-23H,1,4-11,13H2,(H,19,24). The fraction of sp³-hybridized carbons (Fsp3) is 0.588. The molecule has 1 aromatic carbocycles. The maximum Gasteiger partial charge on any atom is 0.317 e. The molecule has 0 radical (unpaired) electrons. The highest BCUT2D eigenvalue weighted by Crippen LogP contribution is 2.26. The number of nitrogens with zero attached hydrogens (tertiary/aromatic N) is 2. The lowest BCUT2D eigenvalue weighted by molar-refractivity contribution is 0.158. The van der Waals surface area contributed by atoms with Crippen LogP contribution in [0.4, 0.5) is 4.79 Å². The molecule has 2 amide bonds. The summed E-state index contributed by atoms with van der Waals surface area (Å²) in [5.74, 6) is 0.767. The molecular formula is C17H26ClN3O4. The zero-order valence-electron chi connectivity index (χ0n) is 14.3. The molecule has 0 unspecified atom stereocenters. The number of halogens is 1. The van der Waals surface area contributed by atoms with Gasteiger partial charge in [-0.05, 0) is 31.2 Å². The van der Waals surface area contributed by atoms with E-state index in [4.69, 9.17) is 26.6 Å². The Labute approximate surface area is 153 Å². The van der Waals surface area contributed by atoms with Crippen LogP contribution in [-0.2, 0) is 6.54 Å². The molecule has 0 atom stereocenters. The molecule has 2 rings (SSSR count). The van der Waals surface area contributed by atoms with E-state index in [1.54, 1.807) is 11.0 Å². The predicted molar refractivity (Wildman–Crippen MR) is 96.0 cm³/mol. The van der Waals surface area contributed by atoms with Crippen molar-refractivity contribution in [2.45, 2.75) is 13.0 Å². The van der Waals surface area contributed by atoms with Crippen molar-refractivity contribution in [2.75, 3.05) is 52.5 Å². The maximum absolute atomic E-state index is 12.4. The van der Waals surface area contributed by atoms with Crippen molar-refractivity contribution in [2.24, 2.45) is 0 Å². The lowest BCUT2D eigenvalue weighted by Gasteiger charge is -2.22. The van der Waals surface area contributed by atoms with Crippen molar-refractivity contribution < 1.29 is 19.7 Å². The summed E-state index contributed by atoms with van der Waals surface area (Å²) in [5, 5.41) is 21.5. The number of hydrogen-bond acceptors (Lipinski definition) is 5. The second-order valence-corrected chi connectivity index (χ2v) is 6.33. The number of carbonyl (C=O) groups is 1. The minimum atomic E-state index is -0.132. The van der Waals surface area contributed by atoms with Gasteiger partial charge in [0.05, 0.1) is 26.3 Å². The maximum atomic E-state index is 12.4. The molecule has 7 nitrogen and oxygen atoms in total. The topological polar surface area (TPSA) is 85.3 Å². The Bertz CT molecular complexity index is 553. The van der Waals surface area contributed by atoms with E-state index in [-0.39, 0.29) is 19.2 Å². The average Bonchev–Trinajstić information content (AvgIpc) is 2.80. The predicted octanol–water partition coefficient (Wildman–Crippen LogP) is 0.921. The van der Waals surface area contributed by atoms with E-state index >= 15 is 0 Å². The summed E-state index contributed by atoms with van der Waals surface area (Å²) in [4.78, 5) is 16.0. The Morgan fingerprint density at radius 1 is 1.28 bits per heavy atom. The summed E-state index contributed by atoms with van der Waals surface area (Å²) in [5.41, 5.74) is 0.900. The monoisotopic (exact) mass is 371 g/mol. The summed E-state index contributed by atoms with van der Waals surface area (Å²) >= 11 is 6.03. The Morgan fingerprint density at radius 2 is 2.04 bits per heavy atom. The highest BCUT2D eigenvalue weighted by Gasteiger charge is 2.19. The quantitative estimate of drug-likeness (QED) is 0.592. The van der Waals surface area contributed by atoms with Gasteiger partial charge in [-0.25, -0.2) is 4.79 Å². The molecule has 0 bridgehead atoms. The molecule has 0 spiro atoms. The number of carbonyl (C=O) groups excluding carboxylic acids is 1. The number of aliphatic hydroxyl groups is 2. The van der Waals surface area contributed by atoms with Gasteiger partial charge in [0.1, 0.15) is 12.4 Å². The van der Waals surface area contributed by atoms with Gasteiger partial charge in [-0.15, -0.1) is 0 Å². The van der Waals surface area contributed by atoms with Gasteiger partial charge in [0.25, 0.3) is 0 Å². The number of fused-ring (bicyclic) bond motifs is 1. The van der Waals surface area contributed by atoms with Crippen molar-refractivity contribution >= 4 is 17.6 Å². The van der Waals surface area contributed by atoms with Crippen LogP contribution in [0.2, 0.25) is 5.02 Å². The Morgan fingerprint density at radius 3 is 2.76 bits per heavy atom. The van der Waals surface area contributed by atoms with E-state index in [1.165, 1.54) is 0 Å². The second-order valence-electron chi connectivity index (χ2n) is 5.90. The van der Waals surface area contributed by atoms with Crippen LogP contribution >= 0.6 is 11.6 Å². The lowest BCUT2D eigenvalue weighted by Crippen LogP contribution is -2.41. The third-order valence-electron chi connectivity index (χ3n) is 4.05. The van der Waals surface area contributed by atoms with Gasteiger partial charge >= 0.3 is 6.03 Å². The summed E-state index contributed by atoms with van der Waals surface area (Å²) in [7, 11) is 0. The molecule has 0 saturated heterocycles. The summed E-state index contributed by atoms with van der Waals surface area (Å²) in [6.07, 6.45) is 0.749. The van der Waals surface area contributed by atoms with E-state index < -0.39 is 0 Å². The van der Waals surface area contributed by atoms with Crippen molar-refractivity contribution in [3.05, 3.63) is 28.8 Å². The number of benzene rings is 1. The normalized spacial score (nSPS) is 14.0. The molecule has 8 heteroatoms. The molecule has 0 fully saturated rings. The van der Waals surface area contributed by atoms with E-state index in [1.807, 2.05) is 17.0 Å².